The molecule has 0 bridgehead atoms. The number of carbonyl (C=O) groups is 1. The fraction of sp³-hybridized carbons (Fsp3) is 0.588. The molecule has 1 amide bonds. The first kappa shape index (κ1) is 16.3. The van der Waals surface area contributed by atoms with Gasteiger partial charge in [-0.25, -0.2) is 4.98 Å². The van der Waals surface area contributed by atoms with Crippen LogP contribution in [0.25, 0.3) is 0 Å². The molecule has 4 heterocycles. The second-order valence-corrected chi connectivity index (χ2v) is 6.79. The van der Waals surface area contributed by atoms with Crippen LogP contribution in [0.3, 0.4) is 0 Å². The Hall–Kier alpha value is -2.19. The van der Waals surface area contributed by atoms with Crippen molar-refractivity contribution in [2.24, 2.45) is 0 Å². The first-order valence-corrected chi connectivity index (χ1v) is 8.57. The third kappa shape index (κ3) is 3.32. The topological polar surface area (TPSA) is 82.6 Å². The SMILES string of the molecule is Cc1ccoc1C(=O)N1CCOCC2(CCC(Cn3cncn3)O2)C1. The molecule has 0 radical (unpaired) electrons. The minimum absolute atomic E-state index is 0.0469. The standard InChI is InChI=1S/C17H22N4O4/c1-13-3-6-24-15(13)16(22)20-5-7-23-10-17(9-20)4-2-14(25-17)8-21-12-18-11-19-21/h3,6,11-12,14H,2,4-5,7-10H2,1H3. The van der Waals surface area contributed by atoms with E-state index in [1.807, 2.05) is 6.92 Å². The normalized spacial score (nSPS) is 26.9. The van der Waals surface area contributed by atoms with Crippen molar-refractivity contribution in [3.63, 3.8) is 0 Å². The van der Waals surface area contributed by atoms with Gasteiger partial charge in [0.05, 0.1) is 38.7 Å². The van der Waals surface area contributed by atoms with E-state index in [1.54, 1.807) is 28.2 Å². The van der Waals surface area contributed by atoms with E-state index in [0.717, 1.165) is 18.4 Å². The highest BCUT2D eigenvalue weighted by atomic mass is 16.6. The summed E-state index contributed by atoms with van der Waals surface area (Å²) in [7, 11) is 0. The Bertz CT molecular complexity index is 729. The maximum absolute atomic E-state index is 12.8. The third-order valence-corrected chi connectivity index (χ3v) is 4.89. The van der Waals surface area contributed by atoms with E-state index in [4.69, 9.17) is 13.9 Å². The summed E-state index contributed by atoms with van der Waals surface area (Å²) in [5.41, 5.74) is 0.387. The fourth-order valence-corrected chi connectivity index (χ4v) is 3.60. The van der Waals surface area contributed by atoms with Gasteiger partial charge in [-0.1, -0.05) is 0 Å². The lowest BCUT2D eigenvalue weighted by Gasteiger charge is -2.31. The zero-order chi connectivity index (χ0) is 17.3. The van der Waals surface area contributed by atoms with Gasteiger partial charge in [0.2, 0.25) is 0 Å². The van der Waals surface area contributed by atoms with Crippen molar-refractivity contribution < 1.29 is 18.7 Å². The van der Waals surface area contributed by atoms with E-state index < -0.39 is 5.60 Å². The third-order valence-electron chi connectivity index (χ3n) is 4.89. The van der Waals surface area contributed by atoms with Crippen LogP contribution in [0, 0.1) is 6.92 Å². The van der Waals surface area contributed by atoms with Gasteiger partial charge in [-0.15, -0.1) is 0 Å². The van der Waals surface area contributed by atoms with Gasteiger partial charge in [-0.2, -0.15) is 5.10 Å². The van der Waals surface area contributed by atoms with Crippen molar-refractivity contribution >= 4 is 5.91 Å². The molecule has 8 heteroatoms. The Morgan fingerprint density at radius 1 is 1.48 bits per heavy atom. The van der Waals surface area contributed by atoms with Gasteiger partial charge in [-0.05, 0) is 25.8 Å². The summed E-state index contributed by atoms with van der Waals surface area (Å²) in [4.78, 5) is 18.6. The number of nitrogens with zero attached hydrogens (tertiary/aromatic N) is 4. The number of rotatable bonds is 3. The Balaban J connectivity index is 1.46. The quantitative estimate of drug-likeness (QED) is 0.832. The Kier molecular flexibility index (Phi) is 4.30. The fourth-order valence-electron chi connectivity index (χ4n) is 3.60. The summed E-state index contributed by atoms with van der Waals surface area (Å²) in [6.45, 7) is 4.60. The Labute approximate surface area is 145 Å². The molecule has 2 saturated heterocycles. The molecule has 2 fully saturated rings. The molecular weight excluding hydrogens is 324 g/mol. The molecule has 0 aromatic carbocycles. The molecule has 8 nitrogen and oxygen atoms in total. The van der Waals surface area contributed by atoms with Gasteiger partial charge in [0, 0.05) is 12.1 Å². The van der Waals surface area contributed by atoms with Gasteiger partial charge in [-0.3, -0.25) is 9.48 Å². The van der Waals surface area contributed by atoms with Gasteiger partial charge < -0.3 is 18.8 Å². The molecule has 0 aliphatic carbocycles. The first-order valence-electron chi connectivity index (χ1n) is 8.57. The van der Waals surface area contributed by atoms with Crippen LogP contribution in [0.1, 0.15) is 29.0 Å². The largest absolute Gasteiger partial charge is 0.459 e. The minimum Gasteiger partial charge on any atom is -0.459 e. The summed E-state index contributed by atoms with van der Waals surface area (Å²) < 4.78 is 19.2. The van der Waals surface area contributed by atoms with Crippen LogP contribution >= 0.6 is 0 Å². The van der Waals surface area contributed by atoms with E-state index in [0.29, 0.717) is 38.6 Å². The van der Waals surface area contributed by atoms with E-state index >= 15 is 0 Å². The number of aryl methyl sites for hydroxylation is 1. The van der Waals surface area contributed by atoms with E-state index in [-0.39, 0.29) is 12.0 Å². The molecule has 4 rings (SSSR count). The molecule has 2 aromatic heterocycles. The number of furan rings is 1. The second-order valence-electron chi connectivity index (χ2n) is 6.79. The summed E-state index contributed by atoms with van der Waals surface area (Å²) in [5, 5.41) is 4.14. The summed E-state index contributed by atoms with van der Waals surface area (Å²) in [5.74, 6) is 0.296. The van der Waals surface area contributed by atoms with Crippen LogP contribution < -0.4 is 0 Å². The van der Waals surface area contributed by atoms with Crippen molar-refractivity contribution in [3.05, 3.63) is 36.3 Å². The van der Waals surface area contributed by atoms with Crippen LogP contribution in [-0.2, 0) is 16.0 Å². The molecule has 2 atom stereocenters. The van der Waals surface area contributed by atoms with Gasteiger partial charge in [0.25, 0.3) is 5.91 Å². The average molecular weight is 346 g/mol. The zero-order valence-corrected chi connectivity index (χ0v) is 14.3. The molecule has 2 aliphatic heterocycles. The first-order chi connectivity index (χ1) is 12.2. The van der Waals surface area contributed by atoms with Crippen molar-refractivity contribution in [2.45, 2.75) is 38.0 Å². The summed E-state index contributed by atoms with van der Waals surface area (Å²) in [6.07, 6.45) is 6.57. The number of carbonyl (C=O) groups excluding carboxylic acids is 1. The van der Waals surface area contributed by atoms with Gasteiger partial charge in [0.15, 0.2) is 5.76 Å². The van der Waals surface area contributed by atoms with E-state index in [9.17, 15) is 4.79 Å². The van der Waals surface area contributed by atoms with Crippen LogP contribution in [0.15, 0.2) is 29.4 Å². The summed E-state index contributed by atoms with van der Waals surface area (Å²) in [6, 6.07) is 1.80. The highest BCUT2D eigenvalue weighted by molar-refractivity contribution is 5.92. The van der Waals surface area contributed by atoms with Gasteiger partial charge in [0.1, 0.15) is 18.3 Å². The van der Waals surface area contributed by atoms with Crippen LogP contribution in [0.5, 0.6) is 0 Å². The molecule has 2 unspecified atom stereocenters. The predicted molar refractivity (Wildman–Crippen MR) is 87.0 cm³/mol. The van der Waals surface area contributed by atoms with Crippen molar-refractivity contribution in [1.29, 1.82) is 0 Å². The number of amides is 1. The minimum atomic E-state index is -0.460. The zero-order valence-electron chi connectivity index (χ0n) is 14.3. The molecule has 1 spiro atoms. The van der Waals surface area contributed by atoms with Gasteiger partial charge >= 0.3 is 0 Å². The monoisotopic (exact) mass is 346 g/mol. The van der Waals surface area contributed by atoms with Crippen molar-refractivity contribution in [1.82, 2.24) is 19.7 Å². The lowest BCUT2D eigenvalue weighted by molar-refractivity contribution is -0.0882. The molecular formula is C17H22N4O4. The Morgan fingerprint density at radius 3 is 3.16 bits per heavy atom. The summed E-state index contributed by atoms with van der Waals surface area (Å²) >= 11 is 0. The Morgan fingerprint density at radius 2 is 2.40 bits per heavy atom. The molecule has 25 heavy (non-hydrogen) atoms. The molecule has 134 valence electrons. The maximum Gasteiger partial charge on any atom is 0.290 e. The second kappa shape index (κ2) is 6.61. The van der Waals surface area contributed by atoms with Crippen molar-refractivity contribution in [3.8, 4) is 0 Å². The average Bonchev–Trinajstić information content (AvgIpc) is 3.30. The van der Waals surface area contributed by atoms with Crippen LogP contribution in [-0.4, -0.2) is 63.6 Å². The number of hydrogen-bond acceptors (Lipinski definition) is 6. The predicted octanol–water partition coefficient (Wildman–Crippen LogP) is 1.27. The number of ether oxygens (including phenoxy) is 2. The molecule has 2 aliphatic rings. The maximum atomic E-state index is 12.8. The molecule has 2 aromatic rings. The number of hydrogen-bond donors (Lipinski definition) is 0. The van der Waals surface area contributed by atoms with Crippen LogP contribution in [0.4, 0.5) is 0 Å². The smallest absolute Gasteiger partial charge is 0.290 e. The highest BCUT2D eigenvalue weighted by Crippen LogP contribution is 2.34. The van der Waals surface area contributed by atoms with Crippen LogP contribution in [0.2, 0.25) is 0 Å². The highest BCUT2D eigenvalue weighted by Gasteiger charge is 2.44. The molecule has 0 N–H and O–H groups in total. The van der Waals surface area contributed by atoms with E-state index in [1.165, 1.54) is 6.33 Å². The molecule has 0 saturated carbocycles. The lowest BCUT2D eigenvalue weighted by atomic mass is 10.00. The van der Waals surface area contributed by atoms with Crippen molar-refractivity contribution in [2.75, 3.05) is 26.3 Å². The lowest BCUT2D eigenvalue weighted by Crippen LogP contribution is -2.47. The number of aromatic nitrogens is 3. The van der Waals surface area contributed by atoms with E-state index in [2.05, 4.69) is 10.1 Å².